The van der Waals surface area contributed by atoms with Crippen LogP contribution < -0.4 is 5.32 Å². The lowest BCUT2D eigenvalue weighted by molar-refractivity contribution is -0.148. The first kappa shape index (κ1) is 18.6. The Hall–Kier alpha value is -3.74. The molecule has 0 bridgehead atoms. The number of hydrogen-bond donors (Lipinski definition) is 2. The lowest BCUT2D eigenvalue weighted by Gasteiger charge is -2.11. The number of aromatic hydroxyl groups is 1. The molecule has 0 unspecified atom stereocenters. The van der Waals surface area contributed by atoms with Gasteiger partial charge in [-0.2, -0.15) is 0 Å². The van der Waals surface area contributed by atoms with Crippen LogP contribution in [-0.2, 0) is 20.7 Å². The van der Waals surface area contributed by atoms with Crippen LogP contribution in [0, 0.1) is 0 Å². The maximum Gasteiger partial charge on any atom is 0.310 e. The van der Waals surface area contributed by atoms with Crippen molar-refractivity contribution in [2.45, 2.75) is 19.4 Å². The van der Waals surface area contributed by atoms with Gasteiger partial charge in [-0.05, 0) is 31.2 Å². The fourth-order valence-corrected chi connectivity index (χ4v) is 3.13. The number of phenols is 1. The van der Waals surface area contributed by atoms with Crippen LogP contribution in [-0.4, -0.2) is 23.6 Å². The van der Waals surface area contributed by atoms with Gasteiger partial charge >= 0.3 is 5.97 Å². The van der Waals surface area contributed by atoms with Crippen LogP contribution in [0.3, 0.4) is 0 Å². The molecule has 7 nitrogen and oxygen atoms in total. The van der Waals surface area contributed by atoms with Crippen LogP contribution in [0.25, 0.3) is 21.9 Å². The molecule has 0 radical (unpaired) electrons. The third-order valence-electron chi connectivity index (χ3n) is 4.59. The third kappa shape index (κ3) is 4.08. The smallest absolute Gasteiger partial charge is 0.310 e. The number of esters is 1. The molecule has 4 rings (SSSR count). The van der Waals surface area contributed by atoms with E-state index in [1.807, 2.05) is 30.3 Å². The Morgan fingerprint density at radius 1 is 1.14 bits per heavy atom. The third-order valence-corrected chi connectivity index (χ3v) is 4.59. The van der Waals surface area contributed by atoms with Crippen LogP contribution in [0.2, 0.25) is 0 Å². The minimum absolute atomic E-state index is 0.0375. The van der Waals surface area contributed by atoms with Crippen molar-refractivity contribution < 1.29 is 28.3 Å². The molecule has 0 aliphatic rings. The van der Waals surface area contributed by atoms with Crippen molar-refractivity contribution in [3.63, 3.8) is 0 Å². The number of para-hydroxylation sites is 1. The summed E-state index contributed by atoms with van der Waals surface area (Å²) in [5.74, 6) is -0.268. The number of furan rings is 2. The second kappa shape index (κ2) is 7.71. The first-order valence-corrected chi connectivity index (χ1v) is 9.12. The normalized spacial score (nSPS) is 12.2. The molecular formula is C22H19NO6. The Labute approximate surface area is 165 Å². The number of phenolic OH excluding ortho intramolecular Hbond substituents is 1. The van der Waals surface area contributed by atoms with Gasteiger partial charge in [-0.3, -0.25) is 9.59 Å². The molecule has 29 heavy (non-hydrogen) atoms. The molecule has 0 saturated carbocycles. The average molecular weight is 393 g/mol. The van der Waals surface area contributed by atoms with Gasteiger partial charge in [0, 0.05) is 22.4 Å². The minimum atomic E-state index is -0.549. The van der Waals surface area contributed by atoms with E-state index in [1.54, 1.807) is 13.0 Å². The molecule has 0 saturated heterocycles. The van der Waals surface area contributed by atoms with Crippen LogP contribution >= 0.6 is 0 Å². The fourth-order valence-electron chi connectivity index (χ4n) is 3.13. The van der Waals surface area contributed by atoms with E-state index in [0.717, 1.165) is 11.0 Å². The molecule has 0 spiro atoms. The number of benzene rings is 2. The quantitative estimate of drug-likeness (QED) is 0.483. The first-order valence-electron chi connectivity index (χ1n) is 9.12. The van der Waals surface area contributed by atoms with Crippen LogP contribution in [0.5, 0.6) is 5.75 Å². The number of fused-ring (bicyclic) bond motifs is 2. The van der Waals surface area contributed by atoms with Crippen LogP contribution in [0.15, 0.2) is 63.6 Å². The van der Waals surface area contributed by atoms with Crippen molar-refractivity contribution in [3.05, 3.63) is 66.1 Å². The van der Waals surface area contributed by atoms with E-state index < -0.39 is 11.9 Å². The van der Waals surface area contributed by atoms with Crippen molar-refractivity contribution in [3.8, 4) is 5.75 Å². The number of nitrogens with one attached hydrogen (secondary N) is 1. The van der Waals surface area contributed by atoms with E-state index in [2.05, 4.69) is 5.32 Å². The molecule has 0 fully saturated rings. The maximum atomic E-state index is 12.1. The Bertz CT molecular complexity index is 1160. The Balaban J connectivity index is 1.31. The van der Waals surface area contributed by atoms with Gasteiger partial charge in [0.05, 0.1) is 18.7 Å². The van der Waals surface area contributed by atoms with Crippen LogP contribution in [0.4, 0.5) is 0 Å². The van der Waals surface area contributed by atoms with E-state index in [0.29, 0.717) is 22.3 Å². The first-order chi connectivity index (χ1) is 14.0. The van der Waals surface area contributed by atoms with Gasteiger partial charge in [-0.1, -0.05) is 18.2 Å². The molecule has 0 aliphatic heterocycles. The number of carbonyl (C=O) groups is 2. The molecule has 148 valence electrons. The highest BCUT2D eigenvalue weighted by Crippen LogP contribution is 2.26. The number of hydrogen-bond acceptors (Lipinski definition) is 6. The molecule has 0 aliphatic carbocycles. The van der Waals surface area contributed by atoms with E-state index in [-0.39, 0.29) is 24.8 Å². The van der Waals surface area contributed by atoms with Gasteiger partial charge in [0.2, 0.25) is 0 Å². The van der Waals surface area contributed by atoms with E-state index >= 15 is 0 Å². The lowest BCUT2D eigenvalue weighted by Crippen LogP contribution is -2.31. The molecule has 2 aromatic heterocycles. The second-order valence-electron chi connectivity index (χ2n) is 6.75. The minimum Gasteiger partial charge on any atom is -0.508 e. The highest BCUT2D eigenvalue weighted by molar-refractivity contribution is 5.87. The molecule has 1 amide bonds. The zero-order valence-electron chi connectivity index (χ0n) is 15.7. The van der Waals surface area contributed by atoms with Gasteiger partial charge in [0.15, 0.2) is 6.61 Å². The zero-order valence-corrected chi connectivity index (χ0v) is 15.7. The van der Waals surface area contributed by atoms with Crippen molar-refractivity contribution >= 4 is 33.8 Å². The highest BCUT2D eigenvalue weighted by atomic mass is 16.5. The maximum absolute atomic E-state index is 12.1. The predicted octanol–water partition coefficient (Wildman–Crippen LogP) is 3.85. The Morgan fingerprint density at radius 3 is 2.79 bits per heavy atom. The molecule has 1 atom stereocenters. The second-order valence-corrected chi connectivity index (χ2v) is 6.75. The molecule has 2 heterocycles. The lowest BCUT2D eigenvalue weighted by atomic mass is 10.1. The molecule has 4 aromatic rings. The number of carbonyl (C=O) groups excluding carboxylic acids is 2. The van der Waals surface area contributed by atoms with Gasteiger partial charge in [-0.15, -0.1) is 0 Å². The molecule has 7 heteroatoms. The van der Waals surface area contributed by atoms with Crippen molar-refractivity contribution in [2.24, 2.45) is 0 Å². The summed E-state index contributed by atoms with van der Waals surface area (Å²) < 4.78 is 16.1. The number of ether oxygens (including phenoxy) is 1. The summed E-state index contributed by atoms with van der Waals surface area (Å²) in [4.78, 5) is 24.2. The van der Waals surface area contributed by atoms with E-state index in [1.165, 1.54) is 18.4 Å². The average Bonchev–Trinajstić information content (AvgIpc) is 3.30. The largest absolute Gasteiger partial charge is 0.508 e. The Kier molecular flexibility index (Phi) is 4.95. The molecule has 2 N–H and O–H groups in total. The van der Waals surface area contributed by atoms with Crippen molar-refractivity contribution in [1.29, 1.82) is 0 Å². The summed E-state index contributed by atoms with van der Waals surface area (Å²) in [5.41, 5.74) is 1.85. The predicted molar refractivity (Wildman–Crippen MR) is 105 cm³/mol. The van der Waals surface area contributed by atoms with Gasteiger partial charge in [0.1, 0.15) is 22.7 Å². The summed E-state index contributed by atoms with van der Waals surface area (Å²) >= 11 is 0. The summed E-state index contributed by atoms with van der Waals surface area (Å²) in [6.45, 7) is 1.41. The number of amides is 1. The SMILES string of the molecule is C[C@H](NC(=O)COC(=O)Cc1coc2cc(O)ccc12)c1cc2ccccc2o1. The van der Waals surface area contributed by atoms with Crippen molar-refractivity contribution in [2.75, 3.05) is 6.61 Å². The zero-order chi connectivity index (χ0) is 20.4. The topological polar surface area (TPSA) is 102 Å². The molecule has 2 aromatic carbocycles. The van der Waals surface area contributed by atoms with E-state index in [4.69, 9.17) is 13.6 Å². The Morgan fingerprint density at radius 2 is 1.97 bits per heavy atom. The summed E-state index contributed by atoms with van der Waals surface area (Å²) in [6.07, 6.45) is 1.40. The summed E-state index contributed by atoms with van der Waals surface area (Å²) in [6, 6.07) is 13.7. The standard InChI is InChI=1S/C22H19NO6/c1-13(19-8-14-4-2-3-5-18(14)29-19)23-21(25)12-28-22(26)9-15-11-27-20-10-16(24)6-7-17(15)20/h2-8,10-11,13,24H,9,12H2,1H3,(H,23,25)/t13-/m0/s1. The van der Waals surface area contributed by atoms with Gasteiger partial charge in [0.25, 0.3) is 5.91 Å². The van der Waals surface area contributed by atoms with Gasteiger partial charge in [-0.25, -0.2) is 0 Å². The highest BCUT2D eigenvalue weighted by Gasteiger charge is 2.17. The van der Waals surface area contributed by atoms with Crippen molar-refractivity contribution in [1.82, 2.24) is 5.32 Å². The monoisotopic (exact) mass is 393 g/mol. The van der Waals surface area contributed by atoms with Crippen LogP contribution in [0.1, 0.15) is 24.3 Å². The fraction of sp³-hybridized carbons (Fsp3) is 0.182. The summed E-state index contributed by atoms with van der Waals surface area (Å²) in [7, 11) is 0. The van der Waals surface area contributed by atoms with Gasteiger partial charge < -0.3 is 24.0 Å². The number of rotatable bonds is 6. The summed E-state index contributed by atoms with van der Waals surface area (Å²) in [5, 5.41) is 13.9. The molecular weight excluding hydrogens is 374 g/mol. The van der Waals surface area contributed by atoms with E-state index in [9.17, 15) is 14.7 Å².